The third-order valence-electron chi connectivity index (χ3n) is 6.55. The van der Waals surface area contributed by atoms with Crippen LogP contribution in [0.1, 0.15) is 54.6 Å². The number of Topliss-reactive ketones (excluding diaryl/α,β-unsaturated/α-hetero) is 1. The van der Waals surface area contributed by atoms with Crippen molar-refractivity contribution in [2.75, 3.05) is 7.11 Å². The molecule has 1 N–H and O–H groups in total. The predicted octanol–water partition coefficient (Wildman–Crippen LogP) is 6.69. The van der Waals surface area contributed by atoms with Crippen LogP contribution in [0.4, 0.5) is 0 Å². The molecular weight excluding hydrogens is 518 g/mol. The summed E-state index contributed by atoms with van der Waals surface area (Å²) in [5.74, 6) is -0.846. The van der Waals surface area contributed by atoms with Crippen molar-refractivity contribution in [2.24, 2.45) is 0 Å². The Labute approximate surface area is 220 Å². The normalized spacial score (nSPS) is 17.5. The third-order valence-corrected chi connectivity index (χ3v) is 7.44. The minimum absolute atomic E-state index is 0.0457. The van der Waals surface area contributed by atoms with E-state index in [-0.39, 0.29) is 23.3 Å². The van der Waals surface area contributed by atoms with Gasteiger partial charge >= 0.3 is 0 Å². The summed E-state index contributed by atoms with van der Waals surface area (Å²) in [5, 5.41) is 11.4. The lowest BCUT2D eigenvalue weighted by molar-refractivity contribution is -0.140. The van der Waals surface area contributed by atoms with Gasteiger partial charge in [-0.25, -0.2) is 0 Å². The Morgan fingerprint density at radius 3 is 2.33 bits per heavy atom. The molecule has 0 bridgehead atoms. The summed E-state index contributed by atoms with van der Waals surface area (Å²) in [5.41, 5.74) is 4.18. The number of ketones is 1. The number of rotatable bonds is 5. The van der Waals surface area contributed by atoms with E-state index in [1.807, 2.05) is 61.5 Å². The molecule has 1 aliphatic rings. The lowest BCUT2D eigenvalue weighted by atomic mass is 9.85. The fourth-order valence-corrected chi connectivity index (χ4v) is 4.72. The Balaban J connectivity index is 1.86. The molecule has 0 aliphatic carbocycles. The first-order chi connectivity index (χ1) is 17.0. The van der Waals surface area contributed by atoms with Crippen LogP contribution in [0.25, 0.3) is 5.76 Å². The first kappa shape index (κ1) is 25.7. The van der Waals surface area contributed by atoms with Crippen molar-refractivity contribution in [1.29, 1.82) is 0 Å². The van der Waals surface area contributed by atoms with Gasteiger partial charge in [0.05, 0.1) is 18.7 Å². The van der Waals surface area contributed by atoms with E-state index in [2.05, 4.69) is 36.7 Å². The van der Waals surface area contributed by atoms with Gasteiger partial charge in [-0.1, -0.05) is 79.2 Å². The maximum absolute atomic E-state index is 13.4. The highest BCUT2D eigenvalue weighted by Crippen LogP contribution is 2.41. The van der Waals surface area contributed by atoms with E-state index in [0.717, 1.165) is 26.7 Å². The van der Waals surface area contributed by atoms with E-state index in [9.17, 15) is 14.7 Å². The van der Waals surface area contributed by atoms with Crippen LogP contribution < -0.4 is 4.74 Å². The summed E-state index contributed by atoms with van der Waals surface area (Å²) in [6.45, 7) is 8.50. The maximum atomic E-state index is 13.4. The van der Waals surface area contributed by atoms with Crippen LogP contribution in [0.3, 0.4) is 0 Å². The molecule has 1 atom stereocenters. The van der Waals surface area contributed by atoms with Crippen molar-refractivity contribution in [3.05, 3.63) is 105 Å². The molecule has 1 unspecified atom stereocenters. The van der Waals surface area contributed by atoms with Gasteiger partial charge in [0.25, 0.3) is 11.7 Å². The monoisotopic (exact) mass is 547 g/mol. The number of benzene rings is 3. The van der Waals surface area contributed by atoms with Gasteiger partial charge in [-0.3, -0.25) is 9.59 Å². The summed E-state index contributed by atoms with van der Waals surface area (Å²) in [6, 6.07) is 20.0. The summed E-state index contributed by atoms with van der Waals surface area (Å²) < 4.78 is 6.23. The molecule has 1 amide bonds. The van der Waals surface area contributed by atoms with Gasteiger partial charge in [0.1, 0.15) is 11.5 Å². The standard InChI is InChI=1S/C30H30BrNO4/c1-18-15-21(11-14-24(18)31)27(33)25-26(20-9-12-22(13-10-20)30(2,3)4)32(29(35)28(25)34)17-19-7-6-8-23(16-19)36-5/h6-16,26,33H,17H2,1-5H3/b27-25-. The van der Waals surface area contributed by atoms with Crippen LogP contribution >= 0.6 is 15.9 Å². The zero-order chi connectivity index (χ0) is 26.2. The quantitative estimate of drug-likeness (QED) is 0.219. The molecule has 0 spiro atoms. The van der Waals surface area contributed by atoms with Crippen LogP contribution in [-0.2, 0) is 21.5 Å². The number of methoxy groups -OCH3 is 1. The number of hydrogen-bond donors (Lipinski definition) is 1. The Kier molecular flexibility index (Phi) is 7.10. The number of aliphatic hydroxyl groups is 1. The second kappa shape index (κ2) is 9.94. The van der Waals surface area contributed by atoms with Gasteiger partial charge in [0.2, 0.25) is 0 Å². The maximum Gasteiger partial charge on any atom is 0.295 e. The number of halogens is 1. The lowest BCUT2D eigenvalue weighted by Gasteiger charge is -2.27. The highest BCUT2D eigenvalue weighted by Gasteiger charge is 2.46. The number of aliphatic hydroxyl groups excluding tert-OH is 1. The molecule has 5 nitrogen and oxygen atoms in total. The van der Waals surface area contributed by atoms with Crippen molar-refractivity contribution in [2.45, 2.75) is 45.7 Å². The number of nitrogens with zero attached hydrogens (tertiary/aromatic N) is 1. The number of carbonyl (C=O) groups is 2. The molecule has 0 aromatic heterocycles. The second-order valence-electron chi connectivity index (χ2n) is 10.1. The van der Waals surface area contributed by atoms with E-state index < -0.39 is 17.7 Å². The first-order valence-electron chi connectivity index (χ1n) is 11.8. The molecule has 1 saturated heterocycles. The number of carbonyl (C=O) groups excluding carboxylic acids is 2. The van der Waals surface area contributed by atoms with Crippen LogP contribution in [0.15, 0.2) is 76.8 Å². The van der Waals surface area contributed by atoms with E-state index >= 15 is 0 Å². The van der Waals surface area contributed by atoms with Gasteiger partial charge < -0.3 is 14.7 Å². The van der Waals surface area contributed by atoms with Gasteiger partial charge in [0, 0.05) is 16.6 Å². The lowest BCUT2D eigenvalue weighted by Crippen LogP contribution is -2.29. The third kappa shape index (κ3) is 4.96. The fourth-order valence-electron chi connectivity index (χ4n) is 4.47. The van der Waals surface area contributed by atoms with Crippen molar-refractivity contribution in [3.8, 4) is 5.75 Å². The average molecular weight is 548 g/mol. The molecule has 1 heterocycles. The molecule has 36 heavy (non-hydrogen) atoms. The highest BCUT2D eigenvalue weighted by molar-refractivity contribution is 9.10. The van der Waals surface area contributed by atoms with E-state index in [4.69, 9.17) is 4.74 Å². The van der Waals surface area contributed by atoms with Gasteiger partial charge in [-0.15, -0.1) is 0 Å². The molecule has 3 aromatic carbocycles. The molecule has 1 fully saturated rings. The molecule has 6 heteroatoms. The number of hydrogen-bond acceptors (Lipinski definition) is 4. The van der Waals surface area contributed by atoms with Gasteiger partial charge in [0.15, 0.2) is 0 Å². The molecular formula is C30H30BrNO4. The van der Waals surface area contributed by atoms with Crippen LogP contribution in [0, 0.1) is 6.92 Å². The zero-order valence-electron chi connectivity index (χ0n) is 21.1. The van der Waals surface area contributed by atoms with E-state index in [1.54, 1.807) is 19.2 Å². The van der Waals surface area contributed by atoms with Crippen molar-refractivity contribution >= 4 is 33.4 Å². The smallest absolute Gasteiger partial charge is 0.295 e. The van der Waals surface area contributed by atoms with Crippen molar-refractivity contribution in [3.63, 3.8) is 0 Å². The predicted molar refractivity (Wildman–Crippen MR) is 145 cm³/mol. The largest absolute Gasteiger partial charge is 0.507 e. The number of aryl methyl sites for hydroxylation is 1. The highest BCUT2D eigenvalue weighted by atomic mass is 79.9. The Morgan fingerprint density at radius 1 is 1.03 bits per heavy atom. The number of likely N-dealkylation sites (tertiary alicyclic amines) is 1. The topological polar surface area (TPSA) is 66.8 Å². The summed E-state index contributed by atoms with van der Waals surface area (Å²) in [6.07, 6.45) is 0. The van der Waals surface area contributed by atoms with Crippen LogP contribution in [0.5, 0.6) is 5.75 Å². The van der Waals surface area contributed by atoms with Crippen molar-refractivity contribution in [1.82, 2.24) is 4.90 Å². The average Bonchev–Trinajstić information content (AvgIpc) is 3.10. The Hall–Kier alpha value is -3.38. The zero-order valence-corrected chi connectivity index (χ0v) is 22.7. The van der Waals surface area contributed by atoms with Crippen molar-refractivity contribution < 1.29 is 19.4 Å². The molecule has 0 saturated carbocycles. The minimum Gasteiger partial charge on any atom is -0.507 e. The summed E-state index contributed by atoms with van der Waals surface area (Å²) in [4.78, 5) is 28.2. The Morgan fingerprint density at radius 2 is 1.72 bits per heavy atom. The SMILES string of the molecule is COc1cccc(CN2C(=O)C(=O)/C(=C(\O)c3ccc(Br)c(C)c3)C2c2ccc(C(C)(C)C)cc2)c1. The number of amides is 1. The first-order valence-corrected chi connectivity index (χ1v) is 12.6. The molecule has 0 radical (unpaired) electrons. The molecule has 4 rings (SSSR count). The van der Waals surface area contributed by atoms with E-state index in [0.29, 0.717) is 11.3 Å². The number of ether oxygens (including phenoxy) is 1. The Bertz CT molecular complexity index is 1350. The summed E-state index contributed by atoms with van der Waals surface area (Å²) >= 11 is 3.48. The molecule has 1 aliphatic heterocycles. The molecule has 186 valence electrons. The molecule has 3 aromatic rings. The van der Waals surface area contributed by atoms with Crippen LogP contribution in [-0.4, -0.2) is 28.8 Å². The second-order valence-corrected chi connectivity index (χ2v) is 11.0. The van der Waals surface area contributed by atoms with Gasteiger partial charge in [-0.05, 0) is 58.9 Å². The van der Waals surface area contributed by atoms with Crippen LogP contribution in [0.2, 0.25) is 0 Å². The van der Waals surface area contributed by atoms with Gasteiger partial charge in [-0.2, -0.15) is 0 Å². The summed E-state index contributed by atoms with van der Waals surface area (Å²) in [7, 11) is 1.59. The fraction of sp³-hybridized carbons (Fsp3) is 0.267. The van der Waals surface area contributed by atoms with E-state index in [1.165, 1.54) is 4.90 Å². The minimum atomic E-state index is -0.728.